The molecule has 0 radical (unpaired) electrons. The molecule has 0 aliphatic rings. The molecule has 7 heteroatoms. The summed E-state index contributed by atoms with van der Waals surface area (Å²) in [5.74, 6) is -1.66. The van der Waals surface area contributed by atoms with E-state index >= 15 is 0 Å². The molecule has 0 saturated carbocycles. The second-order valence-electron chi connectivity index (χ2n) is 5.81. The monoisotopic (exact) mass is 444 g/mol. The zero-order valence-electron chi connectivity index (χ0n) is 14.5. The fourth-order valence-electron chi connectivity index (χ4n) is 2.29. The van der Waals surface area contributed by atoms with Crippen LogP contribution in [0.3, 0.4) is 0 Å². The van der Waals surface area contributed by atoms with E-state index in [1.807, 2.05) is 24.3 Å². The van der Waals surface area contributed by atoms with Crippen LogP contribution in [0, 0.1) is 11.6 Å². The van der Waals surface area contributed by atoms with Crippen LogP contribution in [0.1, 0.15) is 21.5 Å². The van der Waals surface area contributed by atoms with Crippen molar-refractivity contribution < 1.29 is 18.3 Å². The lowest BCUT2D eigenvalue weighted by molar-refractivity contribution is 0.0950. The zero-order valence-corrected chi connectivity index (χ0v) is 16.1. The predicted octanol–water partition coefficient (Wildman–Crippen LogP) is 5.07. The smallest absolute Gasteiger partial charge is 0.274 e. The fraction of sp³-hybridized carbons (Fsp3) is 0.0476. The molecule has 28 heavy (non-hydrogen) atoms. The van der Waals surface area contributed by atoms with Gasteiger partial charge in [0.05, 0.1) is 11.8 Å². The summed E-state index contributed by atoms with van der Waals surface area (Å²) in [5, 5.41) is 3.76. The summed E-state index contributed by atoms with van der Waals surface area (Å²) in [6, 6.07) is 17.5. The van der Waals surface area contributed by atoms with Gasteiger partial charge in [-0.2, -0.15) is 5.10 Å². The Balaban J connectivity index is 1.54. The number of benzene rings is 3. The highest BCUT2D eigenvalue weighted by Crippen LogP contribution is 2.15. The molecular weight excluding hydrogens is 430 g/mol. The van der Waals surface area contributed by atoms with Gasteiger partial charge in [-0.25, -0.2) is 14.2 Å². The molecule has 3 aromatic rings. The minimum Gasteiger partial charge on any atom is -0.489 e. The number of hydrazone groups is 1. The number of nitrogens with one attached hydrogen (secondary N) is 1. The van der Waals surface area contributed by atoms with Crippen LogP contribution in [0.4, 0.5) is 8.78 Å². The third-order valence-electron chi connectivity index (χ3n) is 3.75. The van der Waals surface area contributed by atoms with Crippen LogP contribution in [0.2, 0.25) is 0 Å². The van der Waals surface area contributed by atoms with Crippen molar-refractivity contribution in [2.45, 2.75) is 6.61 Å². The molecule has 3 rings (SSSR count). The van der Waals surface area contributed by atoms with Crippen molar-refractivity contribution in [1.29, 1.82) is 0 Å². The van der Waals surface area contributed by atoms with Gasteiger partial charge in [-0.1, -0.05) is 28.1 Å². The highest BCUT2D eigenvalue weighted by atomic mass is 79.9. The number of halogens is 3. The number of hydrogen-bond donors (Lipinski definition) is 1. The summed E-state index contributed by atoms with van der Waals surface area (Å²) in [7, 11) is 0. The Morgan fingerprint density at radius 1 is 1.04 bits per heavy atom. The van der Waals surface area contributed by atoms with Crippen molar-refractivity contribution >= 4 is 28.1 Å². The maximum atomic E-state index is 13.5. The minimum absolute atomic E-state index is 0.408. The fourth-order valence-corrected chi connectivity index (χ4v) is 2.56. The van der Waals surface area contributed by atoms with Crippen molar-refractivity contribution in [3.63, 3.8) is 0 Å². The van der Waals surface area contributed by atoms with E-state index in [9.17, 15) is 13.6 Å². The summed E-state index contributed by atoms with van der Waals surface area (Å²) in [6.07, 6.45) is 1.40. The van der Waals surface area contributed by atoms with Gasteiger partial charge in [0.2, 0.25) is 0 Å². The van der Waals surface area contributed by atoms with E-state index in [2.05, 4.69) is 26.5 Å². The van der Waals surface area contributed by atoms with Gasteiger partial charge in [-0.05, 0) is 65.7 Å². The second-order valence-corrected chi connectivity index (χ2v) is 6.72. The van der Waals surface area contributed by atoms with Gasteiger partial charge in [0.15, 0.2) is 0 Å². The zero-order chi connectivity index (χ0) is 19.9. The van der Waals surface area contributed by atoms with Crippen LogP contribution in [0.5, 0.6) is 5.75 Å². The van der Waals surface area contributed by atoms with E-state index in [0.717, 1.165) is 28.2 Å². The molecule has 0 bridgehead atoms. The van der Waals surface area contributed by atoms with E-state index in [-0.39, 0.29) is 0 Å². The average Bonchev–Trinajstić information content (AvgIpc) is 2.70. The molecule has 0 unspecified atom stereocenters. The molecule has 3 aromatic carbocycles. The Kier molecular flexibility index (Phi) is 6.49. The summed E-state index contributed by atoms with van der Waals surface area (Å²) >= 11 is 3.38. The largest absolute Gasteiger partial charge is 0.489 e. The molecule has 1 N–H and O–H groups in total. The van der Waals surface area contributed by atoms with Crippen molar-refractivity contribution in [2.24, 2.45) is 5.10 Å². The first-order valence-electron chi connectivity index (χ1n) is 8.27. The Morgan fingerprint density at radius 2 is 1.75 bits per heavy atom. The van der Waals surface area contributed by atoms with E-state index in [1.165, 1.54) is 6.21 Å². The van der Waals surface area contributed by atoms with Crippen LogP contribution >= 0.6 is 15.9 Å². The first kappa shape index (κ1) is 19.7. The van der Waals surface area contributed by atoms with Gasteiger partial charge >= 0.3 is 0 Å². The number of carbonyl (C=O) groups is 1. The molecule has 0 aliphatic carbocycles. The van der Waals surface area contributed by atoms with Gasteiger partial charge in [-0.15, -0.1) is 0 Å². The maximum absolute atomic E-state index is 13.5. The molecule has 0 aromatic heterocycles. The van der Waals surface area contributed by atoms with Crippen LogP contribution in [0.25, 0.3) is 0 Å². The van der Waals surface area contributed by atoms with E-state index in [4.69, 9.17) is 4.74 Å². The average molecular weight is 445 g/mol. The third kappa shape index (κ3) is 5.47. The number of hydrogen-bond acceptors (Lipinski definition) is 3. The van der Waals surface area contributed by atoms with Crippen LogP contribution in [-0.2, 0) is 6.61 Å². The summed E-state index contributed by atoms with van der Waals surface area (Å²) in [5.41, 5.74) is 3.51. The highest BCUT2D eigenvalue weighted by molar-refractivity contribution is 9.10. The molecule has 0 atom stereocenters. The SMILES string of the molecule is O=C(NN=Cc1ccc(OCc2ccc(Br)cc2)cc1)c1cc(F)ccc1F. The normalized spacial score (nSPS) is 10.8. The van der Waals surface area contributed by atoms with Gasteiger partial charge in [0, 0.05) is 4.47 Å². The molecule has 4 nitrogen and oxygen atoms in total. The van der Waals surface area contributed by atoms with Crippen molar-refractivity contribution in [3.8, 4) is 5.75 Å². The standard InChI is InChI=1S/C21H15BrF2N2O2/c22-16-5-1-15(2-6-16)13-28-18-8-3-14(4-9-18)12-25-26-21(27)19-11-17(23)7-10-20(19)24/h1-12H,13H2,(H,26,27). The summed E-state index contributed by atoms with van der Waals surface area (Å²) in [6.45, 7) is 0.440. The minimum atomic E-state index is -0.831. The Bertz CT molecular complexity index is 990. The third-order valence-corrected chi connectivity index (χ3v) is 4.28. The number of rotatable bonds is 6. The Labute approximate surface area is 169 Å². The second kappa shape index (κ2) is 9.23. The summed E-state index contributed by atoms with van der Waals surface area (Å²) < 4.78 is 33.4. The summed E-state index contributed by atoms with van der Waals surface area (Å²) in [4.78, 5) is 11.8. The molecule has 1 amide bonds. The van der Waals surface area contributed by atoms with Crippen LogP contribution < -0.4 is 10.2 Å². The molecule has 0 aliphatic heterocycles. The van der Waals surface area contributed by atoms with Gasteiger partial charge in [-0.3, -0.25) is 4.79 Å². The van der Waals surface area contributed by atoms with Crippen molar-refractivity contribution in [1.82, 2.24) is 5.43 Å². The predicted molar refractivity (Wildman–Crippen MR) is 106 cm³/mol. The molecule has 0 heterocycles. The molecule has 0 fully saturated rings. The van der Waals surface area contributed by atoms with Crippen LogP contribution in [0.15, 0.2) is 76.3 Å². The first-order valence-corrected chi connectivity index (χ1v) is 9.06. The number of carbonyl (C=O) groups excluding carboxylic acids is 1. The van der Waals surface area contributed by atoms with Crippen molar-refractivity contribution in [2.75, 3.05) is 0 Å². The van der Waals surface area contributed by atoms with Crippen molar-refractivity contribution in [3.05, 3.63) is 99.5 Å². The lowest BCUT2D eigenvalue weighted by Crippen LogP contribution is -2.19. The first-order chi connectivity index (χ1) is 13.5. The topological polar surface area (TPSA) is 50.7 Å². The molecular formula is C21H15BrF2N2O2. The lowest BCUT2D eigenvalue weighted by Gasteiger charge is -2.06. The van der Waals surface area contributed by atoms with Crippen LogP contribution in [-0.4, -0.2) is 12.1 Å². The number of nitrogens with zero attached hydrogens (tertiary/aromatic N) is 1. The molecule has 142 valence electrons. The van der Waals surface area contributed by atoms with Gasteiger partial charge in [0.25, 0.3) is 5.91 Å². The molecule has 0 spiro atoms. The quantitative estimate of drug-likeness (QED) is 0.426. The Hall–Kier alpha value is -3.06. The maximum Gasteiger partial charge on any atom is 0.274 e. The van der Waals surface area contributed by atoms with E-state index < -0.39 is 23.1 Å². The lowest BCUT2D eigenvalue weighted by atomic mass is 10.2. The number of ether oxygens (including phenoxy) is 1. The Morgan fingerprint density at radius 3 is 2.46 bits per heavy atom. The highest BCUT2D eigenvalue weighted by Gasteiger charge is 2.11. The number of amides is 1. The van der Waals surface area contributed by atoms with E-state index in [1.54, 1.807) is 24.3 Å². The molecule has 0 saturated heterocycles. The van der Waals surface area contributed by atoms with Gasteiger partial charge < -0.3 is 4.74 Å². The van der Waals surface area contributed by atoms with E-state index in [0.29, 0.717) is 17.9 Å². The van der Waals surface area contributed by atoms with Gasteiger partial charge in [0.1, 0.15) is 24.0 Å².